The van der Waals surface area contributed by atoms with Crippen molar-refractivity contribution in [1.82, 2.24) is 0 Å². The van der Waals surface area contributed by atoms with Gasteiger partial charge in [0.2, 0.25) is 0 Å². The molecule has 0 aliphatic carbocycles. The third-order valence-electron chi connectivity index (χ3n) is 4.64. The van der Waals surface area contributed by atoms with Crippen molar-refractivity contribution in [2.24, 2.45) is 5.92 Å². The van der Waals surface area contributed by atoms with Crippen LogP contribution in [0.3, 0.4) is 0 Å². The van der Waals surface area contributed by atoms with Crippen molar-refractivity contribution in [3.8, 4) is 5.75 Å². The van der Waals surface area contributed by atoms with Crippen LogP contribution in [0.2, 0.25) is 0 Å². The number of rotatable bonds is 9. The molecule has 5 nitrogen and oxygen atoms in total. The van der Waals surface area contributed by atoms with Crippen molar-refractivity contribution in [3.05, 3.63) is 64.7 Å². The smallest absolute Gasteiger partial charge is 0.316 e. The Kier molecular flexibility index (Phi) is 7.50. The SMILES string of the molecule is CCOC(=O)C(CC(=O)c1cccc(OCc2c(C)cccc2C)c1)C(C)=O. The first-order valence-corrected chi connectivity index (χ1v) is 9.31. The van der Waals surface area contributed by atoms with Gasteiger partial charge in [0, 0.05) is 12.0 Å². The summed E-state index contributed by atoms with van der Waals surface area (Å²) < 4.78 is 10.8. The molecule has 2 aromatic carbocycles. The molecule has 0 N–H and O–H groups in total. The number of Topliss-reactive ketones (excluding diaryl/α,β-unsaturated/α-hetero) is 2. The molecule has 0 aliphatic rings. The molecule has 0 aliphatic heterocycles. The van der Waals surface area contributed by atoms with Gasteiger partial charge in [0.05, 0.1) is 6.61 Å². The van der Waals surface area contributed by atoms with Crippen LogP contribution in [0.1, 0.15) is 47.3 Å². The lowest BCUT2D eigenvalue weighted by Crippen LogP contribution is -2.27. The molecule has 1 unspecified atom stereocenters. The molecule has 2 aromatic rings. The summed E-state index contributed by atoms with van der Waals surface area (Å²) in [5, 5.41) is 0. The van der Waals surface area contributed by atoms with E-state index in [1.54, 1.807) is 31.2 Å². The van der Waals surface area contributed by atoms with Gasteiger partial charge >= 0.3 is 5.97 Å². The van der Waals surface area contributed by atoms with Crippen LogP contribution >= 0.6 is 0 Å². The molecule has 0 amide bonds. The largest absolute Gasteiger partial charge is 0.489 e. The summed E-state index contributed by atoms with van der Waals surface area (Å²) in [6.07, 6.45) is -0.214. The molecule has 1 atom stereocenters. The zero-order valence-corrected chi connectivity index (χ0v) is 16.8. The van der Waals surface area contributed by atoms with Crippen LogP contribution in [0.15, 0.2) is 42.5 Å². The summed E-state index contributed by atoms with van der Waals surface area (Å²) in [5.41, 5.74) is 3.80. The van der Waals surface area contributed by atoms with E-state index in [0.717, 1.165) is 16.7 Å². The van der Waals surface area contributed by atoms with E-state index in [1.807, 2.05) is 32.0 Å². The van der Waals surface area contributed by atoms with Gasteiger partial charge in [0.25, 0.3) is 0 Å². The number of ether oxygens (including phenoxy) is 2. The fourth-order valence-corrected chi connectivity index (χ4v) is 2.93. The molecule has 0 heterocycles. The molecule has 0 spiro atoms. The summed E-state index contributed by atoms with van der Waals surface area (Å²) >= 11 is 0. The van der Waals surface area contributed by atoms with Crippen molar-refractivity contribution in [2.45, 2.75) is 40.7 Å². The third-order valence-corrected chi connectivity index (χ3v) is 4.64. The molecule has 5 heteroatoms. The fraction of sp³-hybridized carbons (Fsp3) is 0.348. The Balaban J connectivity index is 2.10. The summed E-state index contributed by atoms with van der Waals surface area (Å²) in [6.45, 7) is 7.58. The lowest BCUT2D eigenvalue weighted by atomic mass is 9.95. The minimum Gasteiger partial charge on any atom is -0.489 e. The average Bonchev–Trinajstić information content (AvgIpc) is 2.65. The van der Waals surface area contributed by atoms with Gasteiger partial charge in [-0.2, -0.15) is 0 Å². The van der Waals surface area contributed by atoms with Crippen LogP contribution in [0.5, 0.6) is 5.75 Å². The fourth-order valence-electron chi connectivity index (χ4n) is 2.93. The van der Waals surface area contributed by atoms with Crippen LogP contribution in [0.25, 0.3) is 0 Å². The number of esters is 1. The van der Waals surface area contributed by atoms with Crippen LogP contribution < -0.4 is 4.74 Å². The molecular weight excluding hydrogens is 356 g/mol. The number of carbonyl (C=O) groups excluding carboxylic acids is 3. The van der Waals surface area contributed by atoms with Crippen LogP contribution in [0.4, 0.5) is 0 Å². The second-order valence-electron chi connectivity index (χ2n) is 6.73. The topological polar surface area (TPSA) is 69.7 Å². The monoisotopic (exact) mass is 382 g/mol. The van der Waals surface area contributed by atoms with Gasteiger partial charge in [-0.25, -0.2) is 0 Å². The predicted molar refractivity (Wildman–Crippen MR) is 106 cm³/mol. The number of hydrogen-bond acceptors (Lipinski definition) is 5. The third kappa shape index (κ3) is 5.52. The highest BCUT2D eigenvalue weighted by Gasteiger charge is 2.28. The Bertz CT molecular complexity index is 849. The standard InChI is InChI=1S/C23H26O5/c1-5-27-23(26)20(17(4)24)13-22(25)18-10-7-11-19(12-18)28-14-21-15(2)8-6-9-16(21)3/h6-12,20H,5,13-14H2,1-4H3. The number of aryl methyl sites for hydroxylation is 2. The highest BCUT2D eigenvalue weighted by Crippen LogP contribution is 2.21. The molecule has 0 saturated heterocycles. The van der Waals surface area contributed by atoms with Crippen LogP contribution in [-0.4, -0.2) is 24.1 Å². The van der Waals surface area contributed by atoms with E-state index in [4.69, 9.17) is 9.47 Å². The van der Waals surface area contributed by atoms with Crippen molar-refractivity contribution in [3.63, 3.8) is 0 Å². The normalized spacial score (nSPS) is 11.6. The average molecular weight is 382 g/mol. The Morgan fingerprint density at radius 1 is 1.00 bits per heavy atom. The zero-order chi connectivity index (χ0) is 20.7. The van der Waals surface area contributed by atoms with Gasteiger partial charge in [-0.3, -0.25) is 14.4 Å². The highest BCUT2D eigenvalue weighted by atomic mass is 16.5. The molecular formula is C23H26O5. The maximum Gasteiger partial charge on any atom is 0.316 e. The minimum atomic E-state index is -1.08. The number of benzene rings is 2. The van der Waals surface area contributed by atoms with E-state index < -0.39 is 11.9 Å². The first-order chi connectivity index (χ1) is 13.3. The van der Waals surface area contributed by atoms with Gasteiger partial charge in [0.1, 0.15) is 24.1 Å². The molecule has 0 bridgehead atoms. The van der Waals surface area contributed by atoms with E-state index in [9.17, 15) is 14.4 Å². The zero-order valence-electron chi connectivity index (χ0n) is 16.8. The van der Waals surface area contributed by atoms with E-state index in [0.29, 0.717) is 17.9 Å². The summed E-state index contributed by atoms with van der Waals surface area (Å²) in [4.78, 5) is 36.2. The Hall–Kier alpha value is -2.95. The molecule has 148 valence electrons. The molecule has 0 fully saturated rings. The van der Waals surface area contributed by atoms with E-state index in [-0.39, 0.29) is 24.6 Å². The summed E-state index contributed by atoms with van der Waals surface area (Å²) in [7, 11) is 0. The Morgan fingerprint density at radius 2 is 1.64 bits per heavy atom. The lowest BCUT2D eigenvalue weighted by molar-refractivity contribution is -0.151. The van der Waals surface area contributed by atoms with E-state index in [2.05, 4.69) is 0 Å². The van der Waals surface area contributed by atoms with E-state index >= 15 is 0 Å². The summed E-state index contributed by atoms with van der Waals surface area (Å²) in [6, 6.07) is 12.8. The molecule has 0 radical (unpaired) electrons. The maximum atomic E-state index is 12.6. The van der Waals surface area contributed by atoms with Crippen molar-refractivity contribution in [2.75, 3.05) is 6.61 Å². The molecule has 2 rings (SSSR count). The quantitative estimate of drug-likeness (QED) is 0.369. The van der Waals surface area contributed by atoms with Crippen LogP contribution in [-0.2, 0) is 20.9 Å². The highest BCUT2D eigenvalue weighted by molar-refractivity contribution is 6.05. The first-order valence-electron chi connectivity index (χ1n) is 9.31. The second-order valence-corrected chi connectivity index (χ2v) is 6.73. The Labute approximate surface area is 165 Å². The van der Waals surface area contributed by atoms with Crippen molar-refractivity contribution in [1.29, 1.82) is 0 Å². The van der Waals surface area contributed by atoms with Crippen molar-refractivity contribution < 1.29 is 23.9 Å². The van der Waals surface area contributed by atoms with Crippen molar-refractivity contribution >= 4 is 17.5 Å². The number of hydrogen-bond donors (Lipinski definition) is 0. The van der Waals surface area contributed by atoms with Crippen LogP contribution in [0, 0.1) is 19.8 Å². The molecule has 0 aromatic heterocycles. The molecule has 0 saturated carbocycles. The molecule has 28 heavy (non-hydrogen) atoms. The maximum absolute atomic E-state index is 12.6. The van der Waals surface area contributed by atoms with E-state index in [1.165, 1.54) is 6.92 Å². The van der Waals surface area contributed by atoms with Gasteiger partial charge < -0.3 is 9.47 Å². The second kappa shape index (κ2) is 9.83. The van der Waals surface area contributed by atoms with Gasteiger partial charge in [-0.15, -0.1) is 0 Å². The van der Waals surface area contributed by atoms with Gasteiger partial charge in [0.15, 0.2) is 5.78 Å². The van der Waals surface area contributed by atoms with Gasteiger partial charge in [-0.05, 0) is 56.5 Å². The predicted octanol–water partition coefficient (Wildman–Crippen LogP) is 4.22. The minimum absolute atomic E-state index is 0.165. The lowest BCUT2D eigenvalue weighted by Gasteiger charge is -2.13. The van der Waals surface area contributed by atoms with Gasteiger partial charge in [-0.1, -0.05) is 30.3 Å². The summed E-state index contributed by atoms with van der Waals surface area (Å²) in [5.74, 6) is -1.86. The number of carbonyl (C=O) groups is 3. The Morgan fingerprint density at radius 3 is 2.25 bits per heavy atom. The number of ketones is 2. The first kappa shape index (κ1) is 21.4.